The SMILES string of the molecule is Cc1cc2c(c3c1N(C)C=NC=3)=NC(N)=CN2N. The van der Waals surface area contributed by atoms with Gasteiger partial charge in [0.15, 0.2) is 0 Å². The highest BCUT2D eigenvalue weighted by Crippen LogP contribution is 2.19. The second-order valence-corrected chi connectivity index (χ2v) is 4.40. The van der Waals surface area contributed by atoms with Gasteiger partial charge in [-0.2, -0.15) is 0 Å². The molecule has 0 fully saturated rings. The van der Waals surface area contributed by atoms with Crippen molar-refractivity contribution in [3.05, 3.63) is 34.2 Å². The summed E-state index contributed by atoms with van der Waals surface area (Å²) in [6.45, 7) is 2.04. The molecule has 0 unspecified atom stereocenters. The minimum absolute atomic E-state index is 0.390. The number of rotatable bonds is 0. The van der Waals surface area contributed by atoms with E-state index in [0.717, 1.165) is 27.5 Å². The molecule has 18 heavy (non-hydrogen) atoms. The monoisotopic (exact) mass is 242 g/mol. The van der Waals surface area contributed by atoms with Crippen molar-refractivity contribution in [2.45, 2.75) is 6.92 Å². The van der Waals surface area contributed by atoms with E-state index < -0.39 is 0 Å². The second kappa shape index (κ2) is 3.58. The summed E-state index contributed by atoms with van der Waals surface area (Å²) >= 11 is 0. The number of hydrogen-bond donors (Lipinski definition) is 2. The zero-order valence-corrected chi connectivity index (χ0v) is 10.3. The van der Waals surface area contributed by atoms with Crippen LogP contribution in [0.5, 0.6) is 0 Å². The van der Waals surface area contributed by atoms with E-state index in [9.17, 15) is 0 Å². The molecule has 1 aromatic rings. The third kappa shape index (κ3) is 1.39. The summed E-state index contributed by atoms with van der Waals surface area (Å²) in [7, 11) is 1.96. The first-order chi connectivity index (χ1) is 8.58. The molecule has 1 aromatic carbocycles. The van der Waals surface area contributed by atoms with E-state index in [0.29, 0.717) is 5.82 Å². The molecule has 6 nitrogen and oxygen atoms in total. The van der Waals surface area contributed by atoms with Gasteiger partial charge >= 0.3 is 0 Å². The Kier molecular flexibility index (Phi) is 2.14. The molecule has 0 saturated carbocycles. The summed E-state index contributed by atoms with van der Waals surface area (Å²) in [5.41, 5.74) is 8.79. The lowest BCUT2D eigenvalue weighted by Gasteiger charge is -2.24. The van der Waals surface area contributed by atoms with Crippen molar-refractivity contribution in [1.29, 1.82) is 0 Å². The Morgan fingerprint density at radius 1 is 1.33 bits per heavy atom. The number of hydrogen-bond acceptors (Lipinski definition) is 6. The smallest absolute Gasteiger partial charge is 0.142 e. The molecule has 0 radical (unpaired) electrons. The van der Waals surface area contributed by atoms with Crippen molar-refractivity contribution >= 4 is 23.9 Å². The van der Waals surface area contributed by atoms with Crippen molar-refractivity contribution in [1.82, 2.24) is 0 Å². The molecule has 4 N–H and O–H groups in total. The fraction of sp³-hybridized carbons (Fsp3) is 0.167. The molecule has 2 heterocycles. The third-order valence-corrected chi connectivity index (χ3v) is 3.07. The molecule has 0 amide bonds. The number of hydrazine groups is 1. The quantitative estimate of drug-likeness (QED) is 0.588. The van der Waals surface area contributed by atoms with Crippen LogP contribution in [0.1, 0.15) is 5.56 Å². The Morgan fingerprint density at radius 2 is 2.11 bits per heavy atom. The number of aliphatic imine (C=N–C) groups is 1. The van der Waals surface area contributed by atoms with Gasteiger partial charge in [-0.3, -0.25) is 5.01 Å². The first kappa shape index (κ1) is 10.8. The molecular formula is C12H14N6. The Hall–Kier alpha value is -2.34. The zero-order chi connectivity index (χ0) is 12.9. The lowest BCUT2D eigenvalue weighted by atomic mass is 10.1. The predicted molar refractivity (Wildman–Crippen MR) is 72.3 cm³/mol. The number of fused-ring (bicyclic) bond motifs is 3. The average molecular weight is 242 g/mol. The van der Waals surface area contributed by atoms with E-state index in [1.165, 1.54) is 5.01 Å². The zero-order valence-electron chi connectivity index (χ0n) is 10.3. The molecule has 0 atom stereocenters. The second-order valence-electron chi connectivity index (χ2n) is 4.40. The number of anilines is 2. The van der Waals surface area contributed by atoms with Gasteiger partial charge in [-0.15, -0.1) is 0 Å². The maximum absolute atomic E-state index is 5.92. The average Bonchev–Trinajstić information content (AvgIpc) is 2.31. The number of benzene rings is 1. The van der Waals surface area contributed by atoms with Gasteiger partial charge in [-0.1, -0.05) is 0 Å². The van der Waals surface area contributed by atoms with Gasteiger partial charge in [-0.05, 0) is 18.6 Å². The maximum Gasteiger partial charge on any atom is 0.142 e. The number of aryl methyl sites for hydroxylation is 1. The maximum atomic E-state index is 5.92. The molecule has 0 bridgehead atoms. The molecule has 3 rings (SSSR count). The molecule has 0 aromatic heterocycles. The topological polar surface area (TPSA) is 83.2 Å². The standard InChI is InChI=1S/C12H14N6/c1-7-3-9-11(16-10(13)5-18(9)14)8-4-15-6-17(2)12(7)8/h3-6H,13-14H2,1-2H3. The van der Waals surface area contributed by atoms with Crippen LogP contribution in [0.25, 0.3) is 6.20 Å². The highest BCUT2D eigenvalue weighted by Gasteiger charge is 2.17. The highest BCUT2D eigenvalue weighted by molar-refractivity contribution is 5.85. The Balaban J connectivity index is 2.47. The van der Waals surface area contributed by atoms with Crippen molar-refractivity contribution in [3.8, 4) is 0 Å². The normalized spacial score (nSPS) is 16.5. The van der Waals surface area contributed by atoms with Crippen LogP contribution in [0, 0.1) is 6.92 Å². The summed E-state index contributed by atoms with van der Waals surface area (Å²) in [5, 5.41) is 3.21. The van der Waals surface area contributed by atoms with Gasteiger partial charge in [0, 0.05) is 18.5 Å². The summed E-state index contributed by atoms with van der Waals surface area (Å²) in [4.78, 5) is 10.5. The van der Waals surface area contributed by atoms with E-state index in [1.807, 2.05) is 24.9 Å². The van der Waals surface area contributed by atoms with Gasteiger partial charge in [0.1, 0.15) is 11.2 Å². The van der Waals surface area contributed by atoms with Crippen molar-refractivity contribution < 1.29 is 0 Å². The van der Waals surface area contributed by atoms with Crippen LogP contribution >= 0.6 is 0 Å². The van der Waals surface area contributed by atoms with Gasteiger partial charge in [0.25, 0.3) is 0 Å². The van der Waals surface area contributed by atoms with Crippen LogP contribution in [0.15, 0.2) is 28.1 Å². The number of nitrogens with zero attached hydrogens (tertiary/aromatic N) is 4. The van der Waals surface area contributed by atoms with Crippen molar-refractivity contribution in [2.75, 3.05) is 17.0 Å². The van der Waals surface area contributed by atoms with Gasteiger partial charge in [-0.25, -0.2) is 15.8 Å². The lowest BCUT2D eigenvalue weighted by molar-refractivity contribution is 0.967. The van der Waals surface area contributed by atoms with Crippen LogP contribution < -0.4 is 32.1 Å². The molecule has 0 saturated heterocycles. The fourth-order valence-electron chi connectivity index (χ4n) is 2.34. The van der Waals surface area contributed by atoms with Gasteiger partial charge < -0.3 is 10.6 Å². The summed E-state index contributed by atoms with van der Waals surface area (Å²) in [6, 6.07) is 2.00. The molecule has 92 valence electrons. The minimum atomic E-state index is 0.390. The third-order valence-electron chi connectivity index (χ3n) is 3.07. The highest BCUT2D eigenvalue weighted by atomic mass is 15.4. The first-order valence-electron chi connectivity index (χ1n) is 5.58. The lowest BCUT2D eigenvalue weighted by Crippen LogP contribution is -2.43. The fourth-order valence-corrected chi connectivity index (χ4v) is 2.34. The van der Waals surface area contributed by atoms with Crippen LogP contribution in [-0.4, -0.2) is 13.4 Å². The Labute approximate surface area is 104 Å². The van der Waals surface area contributed by atoms with Crippen LogP contribution in [0.2, 0.25) is 0 Å². The molecule has 2 aliphatic heterocycles. The van der Waals surface area contributed by atoms with E-state index >= 15 is 0 Å². The van der Waals surface area contributed by atoms with Crippen LogP contribution in [-0.2, 0) is 0 Å². The molecule has 0 aliphatic carbocycles. The summed E-state index contributed by atoms with van der Waals surface area (Å²) in [5.74, 6) is 6.31. The van der Waals surface area contributed by atoms with Crippen LogP contribution in [0.3, 0.4) is 0 Å². The molecule has 2 aliphatic rings. The molecule has 6 heteroatoms. The van der Waals surface area contributed by atoms with Crippen molar-refractivity contribution in [3.63, 3.8) is 0 Å². The van der Waals surface area contributed by atoms with E-state index in [1.54, 1.807) is 18.7 Å². The molecule has 0 spiro atoms. The van der Waals surface area contributed by atoms with Crippen LogP contribution in [0.4, 0.5) is 11.4 Å². The Bertz CT molecular complexity index is 700. The largest absolute Gasteiger partial charge is 0.382 e. The van der Waals surface area contributed by atoms with E-state index in [4.69, 9.17) is 11.6 Å². The van der Waals surface area contributed by atoms with E-state index in [-0.39, 0.29) is 0 Å². The van der Waals surface area contributed by atoms with Gasteiger partial charge in [0.2, 0.25) is 0 Å². The minimum Gasteiger partial charge on any atom is -0.382 e. The summed E-state index contributed by atoms with van der Waals surface area (Å²) in [6.07, 6.45) is 5.16. The Morgan fingerprint density at radius 3 is 2.89 bits per heavy atom. The predicted octanol–water partition coefficient (Wildman–Crippen LogP) is -0.718. The van der Waals surface area contributed by atoms with Crippen molar-refractivity contribution in [2.24, 2.45) is 21.6 Å². The first-order valence-corrected chi connectivity index (χ1v) is 5.58. The van der Waals surface area contributed by atoms with Gasteiger partial charge in [0.05, 0.1) is 23.9 Å². The molecular weight excluding hydrogens is 228 g/mol. The summed E-state index contributed by atoms with van der Waals surface area (Å²) < 4.78 is 0. The van der Waals surface area contributed by atoms with E-state index in [2.05, 4.69) is 9.98 Å². The number of nitrogens with two attached hydrogens (primary N) is 2.